The van der Waals surface area contributed by atoms with Crippen LogP contribution in [0, 0.1) is 27.7 Å². The van der Waals surface area contributed by atoms with E-state index < -0.39 is 11.8 Å². The van der Waals surface area contributed by atoms with E-state index in [1.165, 1.54) is 0 Å². The van der Waals surface area contributed by atoms with E-state index in [1.807, 2.05) is 58.0 Å². The van der Waals surface area contributed by atoms with Crippen molar-refractivity contribution >= 4 is 46.4 Å². The Morgan fingerprint density at radius 3 is 2.15 bits per heavy atom. The first-order valence-electron chi connectivity index (χ1n) is 10.8. The van der Waals surface area contributed by atoms with Crippen molar-refractivity contribution in [1.29, 1.82) is 0 Å². The topological polar surface area (TPSA) is 78.5 Å². The Kier molecular flexibility index (Phi) is 6.26. The summed E-state index contributed by atoms with van der Waals surface area (Å²) in [5, 5.41) is 5.67. The van der Waals surface area contributed by atoms with Gasteiger partial charge < -0.3 is 10.6 Å². The van der Waals surface area contributed by atoms with Gasteiger partial charge in [0.2, 0.25) is 0 Å². The van der Waals surface area contributed by atoms with E-state index >= 15 is 0 Å². The molecule has 3 aromatic carbocycles. The number of halogens is 1. The Balaban J connectivity index is 1.58. The normalized spacial score (nSPS) is 13.5. The molecule has 0 unspecified atom stereocenters. The van der Waals surface area contributed by atoms with Crippen LogP contribution in [0.2, 0.25) is 0 Å². The third-order valence-corrected chi connectivity index (χ3v) is 6.19. The molecule has 1 heterocycles. The Hall–Kier alpha value is -3.90. The number of nitrogens with zero attached hydrogens (tertiary/aromatic N) is 1. The van der Waals surface area contributed by atoms with Crippen LogP contribution in [-0.4, -0.2) is 17.7 Å². The Morgan fingerprint density at radius 1 is 0.794 bits per heavy atom. The van der Waals surface area contributed by atoms with Crippen molar-refractivity contribution in [3.63, 3.8) is 0 Å². The molecule has 0 saturated heterocycles. The van der Waals surface area contributed by atoms with Gasteiger partial charge in [0.25, 0.3) is 17.7 Å². The zero-order chi connectivity index (χ0) is 24.6. The maximum Gasteiger partial charge on any atom is 0.283 e. The molecule has 1 aliphatic rings. The van der Waals surface area contributed by atoms with Gasteiger partial charge in [-0.15, -0.1) is 0 Å². The molecule has 7 heteroatoms. The molecule has 2 N–H and O–H groups in total. The van der Waals surface area contributed by atoms with Crippen molar-refractivity contribution in [2.24, 2.45) is 0 Å². The van der Waals surface area contributed by atoms with Crippen molar-refractivity contribution in [2.45, 2.75) is 27.7 Å². The number of anilines is 3. The monoisotopic (exact) mass is 473 g/mol. The third-order valence-electron chi connectivity index (χ3n) is 5.84. The molecular formula is C27H24ClN3O3. The van der Waals surface area contributed by atoms with Crippen molar-refractivity contribution in [1.82, 2.24) is 0 Å². The lowest BCUT2D eigenvalue weighted by Gasteiger charge is -2.16. The van der Waals surface area contributed by atoms with Gasteiger partial charge in [-0.1, -0.05) is 41.4 Å². The van der Waals surface area contributed by atoms with Crippen molar-refractivity contribution in [2.75, 3.05) is 15.5 Å². The lowest BCUT2D eigenvalue weighted by atomic mass is 10.1. The van der Waals surface area contributed by atoms with Crippen LogP contribution in [0.15, 0.2) is 71.4 Å². The lowest BCUT2D eigenvalue weighted by molar-refractivity contribution is -0.120. The predicted molar refractivity (Wildman–Crippen MR) is 135 cm³/mol. The number of rotatable bonds is 5. The smallest absolute Gasteiger partial charge is 0.283 e. The summed E-state index contributed by atoms with van der Waals surface area (Å²) in [6.45, 7) is 7.74. The van der Waals surface area contributed by atoms with Crippen LogP contribution in [0.1, 0.15) is 32.6 Å². The summed E-state index contributed by atoms with van der Waals surface area (Å²) in [6, 6.07) is 17.8. The van der Waals surface area contributed by atoms with Crippen LogP contribution in [0.25, 0.3) is 0 Å². The van der Waals surface area contributed by atoms with Crippen molar-refractivity contribution in [3.8, 4) is 0 Å². The SMILES string of the molecule is Cc1ccc(N2C(=O)C(Cl)=C(Nc3cc(C(=O)Nc4ccc(C)c(C)c4)ccc3C)C2=O)cc1. The first-order valence-corrected chi connectivity index (χ1v) is 11.1. The van der Waals surface area contributed by atoms with E-state index in [2.05, 4.69) is 10.6 Å². The molecule has 172 valence electrons. The lowest BCUT2D eigenvalue weighted by Crippen LogP contribution is -2.32. The summed E-state index contributed by atoms with van der Waals surface area (Å²) in [4.78, 5) is 39.7. The van der Waals surface area contributed by atoms with Gasteiger partial charge in [-0.25, -0.2) is 4.90 Å². The zero-order valence-electron chi connectivity index (χ0n) is 19.3. The number of hydrogen-bond acceptors (Lipinski definition) is 4. The molecule has 0 fully saturated rings. The number of hydrogen-bond donors (Lipinski definition) is 2. The quantitative estimate of drug-likeness (QED) is 0.472. The van der Waals surface area contributed by atoms with Crippen molar-refractivity contribution < 1.29 is 14.4 Å². The molecule has 0 saturated carbocycles. The highest BCUT2D eigenvalue weighted by Crippen LogP contribution is 2.31. The summed E-state index contributed by atoms with van der Waals surface area (Å²) in [5.41, 5.74) is 6.02. The summed E-state index contributed by atoms with van der Waals surface area (Å²) < 4.78 is 0. The number of amides is 3. The van der Waals surface area contributed by atoms with E-state index in [1.54, 1.807) is 30.3 Å². The average Bonchev–Trinajstić information content (AvgIpc) is 3.01. The fraction of sp³-hybridized carbons (Fsp3) is 0.148. The number of nitrogens with one attached hydrogen (secondary N) is 2. The third kappa shape index (κ3) is 4.45. The molecule has 3 aromatic rings. The summed E-state index contributed by atoms with van der Waals surface area (Å²) in [6.07, 6.45) is 0. The van der Waals surface area contributed by atoms with Gasteiger partial charge in [0.15, 0.2) is 0 Å². The van der Waals surface area contributed by atoms with Crippen LogP contribution < -0.4 is 15.5 Å². The Bertz CT molecular complexity index is 1360. The van der Waals surface area contributed by atoms with Crippen molar-refractivity contribution in [3.05, 3.63) is 99.2 Å². The molecule has 34 heavy (non-hydrogen) atoms. The summed E-state index contributed by atoms with van der Waals surface area (Å²) in [5.74, 6) is -1.44. The highest BCUT2D eigenvalue weighted by Gasteiger charge is 2.39. The maximum absolute atomic E-state index is 13.1. The molecule has 0 spiro atoms. The van der Waals surface area contributed by atoms with Gasteiger partial charge in [-0.05, 0) is 80.8 Å². The first-order chi connectivity index (χ1) is 16.2. The van der Waals surface area contributed by atoms with Gasteiger partial charge in [-0.2, -0.15) is 0 Å². The largest absolute Gasteiger partial charge is 0.349 e. The average molecular weight is 474 g/mol. The second kappa shape index (κ2) is 9.15. The van der Waals surface area contributed by atoms with Crippen LogP contribution in [0.3, 0.4) is 0 Å². The van der Waals surface area contributed by atoms with E-state index in [0.29, 0.717) is 22.6 Å². The highest BCUT2D eigenvalue weighted by molar-refractivity contribution is 6.53. The van der Waals surface area contributed by atoms with Gasteiger partial charge >= 0.3 is 0 Å². The molecule has 6 nitrogen and oxygen atoms in total. The molecule has 0 aromatic heterocycles. The molecule has 0 radical (unpaired) electrons. The number of imide groups is 1. The maximum atomic E-state index is 13.1. The van der Waals surface area contributed by atoms with Gasteiger partial charge in [0.05, 0.1) is 5.69 Å². The van der Waals surface area contributed by atoms with E-state index in [4.69, 9.17) is 11.6 Å². The molecule has 3 amide bonds. The fourth-order valence-electron chi connectivity index (χ4n) is 3.59. The zero-order valence-corrected chi connectivity index (χ0v) is 20.1. The minimum Gasteiger partial charge on any atom is -0.349 e. The second-order valence-electron chi connectivity index (χ2n) is 8.38. The van der Waals surface area contributed by atoms with Crippen LogP contribution >= 0.6 is 11.6 Å². The molecule has 0 atom stereocenters. The highest BCUT2D eigenvalue weighted by atomic mass is 35.5. The number of aryl methyl sites for hydroxylation is 4. The minimum absolute atomic E-state index is 0.0259. The van der Waals surface area contributed by atoms with Gasteiger partial charge in [0.1, 0.15) is 10.7 Å². The molecule has 4 rings (SSSR count). The molecule has 1 aliphatic heterocycles. The Morgan fingerprint density at radius 2 is 1.47 bits per heavy atom. The van der Waals surface area contributed by atoms with Crippen LogP contribution in [-0.2, 0) is 9.59 Å². The predicted octanol–water partition coefficient (Wildman–Crippen LogP) is 5.61. The first kappa shape index (κ1) is 23.3. The van der Waals surface area contributed by atoms with Crippen LogP contribution in [0.5, 0.6) is 0 Å². The minimum atomic E-state index is -0.598. The Labute approximate surface area is 203 Å². The van der Waals surface area contributed by atoms with Gasteiger partial charge in [0, 0.05) is 16.9 Å². The number of benzene rings is 3. The molecular weight excluding hydrogens is 450 g/mol. The van der Waals surface area contributed by atoms with E-state index in [9.17, 15) is 14.4 Å². The molecule has 0 bridgehead atoms. The fourth-order valence-corrected chi connectivity index (χ4v) is 3.81. The van der Waals surface area contributed by atoms with E-state index in [0.717, 1.165) is 27.2 Å². The molecule has 0 aliphatic carbocycles. The van der Waals surface area contributed by atoms with E-state index in [-0.39, 0.29) is 16.6 Å². The number of carbonyl (C=O) groups is 3. The second-order valence-corrected chi connectivity index (χ2v) is 8.76. The van der Waals surface area contributed by atoms with Crippen LogP contribution in [0.4, 0.5) is 17.1 Å². The standard InChI is InChI=1S/C27H24ClN3O3/c1-15-5-11-21(12-6-15)31-26(33)23(28)24(27(31)34)30-22-14-19(9-7-17(22)3)25(32)29-20-10-8-16(2)18(4)13-20/h5-14,30H,1-4H3,(H,29,32). The summed E-state index contributed by atoms with van der Waals surface area (Å²) >= 11 is 6.26. The number of carbonyl (C=O) groups excluding carboxylic acids is 3. The van der Waals surface area contributed by atoms with Gasteiger partial charge in [-0.3, -0.25) is 14.4 Å². The summed E-state index contributed by atoms with van der Waals surface area (Å²) in [7, 11) is 0.